The number of hydrogen-bond donors (Lipinski definition) is 1. The highest BCUT2D eigenvalue weighted by Gasteiger charge is 2.47. The van der Waals surface area contributed by atoms with E-state index in [1.165, 1.54) is 12.1 Å². The molecule has 0 aromatic heterocycles. The topological polar surface area (TPSA) is 32.3 Å². The molecule has 4 rings (SSSR count). The van der Waals surface area contributed by atoms with Crippen LogP contribution in [0.4, 0.5) is 22.0 Å². The molecule has 1 saturated heterocycles. The van der Waals surface area contributed by atoms with Crippen LogP contribution in [0, 0.1) is 23.0 Å². The van der Waals surface area contributed by atoms with E-state index in [-0.39, 0.29) is 35.8 Å². The molecule has 2 atom stereocenters. The number of piperidine rings is 1. The van der Waals surface area contributed by atoms with Gasteiger partial charge < -0.3 is 10.2 Å². The summed E-state index contributed by atoms with van der Waals surface area (Å²) in [5, 5.41) is 2.83. The first kappa shape index (κ1) is 27.6. The molecule has 2 fully saturated rings. The Bertz CT molecular complexity index is 1080. The highest BCUT2D eigenvalue weighted by Crippen LogP contribution is 2.46. The van der Waals surface area contributed by atoms with Crippen molar-refractivity contribution in [2.45, 2.75) is 77.1 Å². The Morgan fingerprint density at radius 1 is 1.03 bits per heavy atom. The van der Waals surface area contributed by atoms with Crippen LogP contribution in [-0.4, -0.2) is 29.9 Å². The number of nitrogens with one attached hydrogen (secondary N) is 1. The third-order valence-electron chi connectivity index (χ3n) is 7.99. The molecule has 202 valence electrons. The summed E-state index contributed by atoms with van der Waals surface area (Å²) in [5.41, 5.74) is -0.393. The quantitative estimate of drug-likeness (QED) is 0.395. The van der Waals surface area contributed by atoms with Gasteiger partial charge in [-0.1, -0.05) is 26.0 Å². The Labute approximate surface area is 215 Å². The summed E-state index contributed by atoms with van der Waals surface area (Å²) in [5.74, 6) is -0.691. The van der Waals surface area contributed by atoms with E-state index in [1.807, 2.05) is 12.1 Å². The van der Waals surface area contributed by atoms with Gasteiger partial charge in [-0.3, -0.25) is 4.79 Å². The van der Waals surface area contributed by atoms with E-state index in [9.17, 15) is 26.7 Å². The predicted molar refractivity (Wildman–Crippen MR) is 133 cm³/mol. The largest absolute Gasteiger partial charge is 0.416 e. The normalized spacial score (nSPS) is 23.5. The fourth-order valence-corrected chi connectivity index (χ4v) is 6.29. The van der Waals surface area contributed by atoms with Crippen molar-refractivity contribution in [3.63, 3.8) is 0 Å². The number of amides is 1. The van der Waals surface area contributed by atoms with Gasteiger partial charge in [-0.25, -0.2) is 8.78 Å². The van der Waals surface area contributed by atoms with E-state index in [1.54, 1.807) is 0 Å². The van der Waals surface area contributed by atoms with Gasteiger partial charge >= 0.3 is 6.18 Å². The van der Waals surface area contributed by atoms with Crippen molar-refractivity contribution < 1.29 is 26.7 Å². The summed E-state index contributed by atoms with van der Waals surface area (Å²) >= 11 is 0. The zero-order valence-corrected chi connectivity index (χ0v) is 21.4. The molecule has 1 saturated carbocycles. The second-order valence-corrected chi connectivity index (χ2v) is 11.2. The van der Waals surface area contributed by atoms with Gasteiger partial charge in [0.15, 0.2) is 0 Å². The summed E-state index contributed by atoms with van der Waals surface area (Å²) in [4.78, 5) is 15.9. The van der Waals surface area contributed by atoms with Crippen LogP contribution in [0.2, 0.25) is 0 Å². The zero-order valence-electron chi connectivity index (χ0n) is 21.4. The number of alkyl halides is 3. The lowest BCUT2D eigenvalue weighted by Gasteiger charge is -2.37. The van der Waals surface area contributed by atoms with E-state index < -0.39 is 23.0 Å². The minimum atomic E-state index is -4.65. The molecule has 2 unspecified atom stereocenters. The third-order valence-corrected chi connectivity index (χ3v) is 7.99. The number of halogens is 5. The summed E-state index contributed by atoms with van der Waals surface area (Å²) in [6.07, 6.45) is 0.311. The molecule has 1 N–H and O–H groups in total. The second kappa shape index (κ2) is 11.1. The van der Waals surface area contributed by atoms with Crippen molar-refractivity contribution in [3.05, 3.63) is 70.8 Å². The van der Waals surface area contributed by atoms with E-state index >= 15 is 0 Å². The third kappa shape index (κ3) is 6.70. The lowest BCUT2D eigenvalue weighted by Crippen LogP contribution is -2.44. The van der Waals surface area contributed by atoms with Gasteiger partial charge in [0.25, 0.3) is 0 Å². The molecular weight excluding hydrogens is 487 g/mol. The Kier molecular flexibility index (Phi) is 8.26. The molecule has 2 aliphatic rings. The van der Waals surface area contributed by atoms with E-state index in [4.69, 9.17) is 0 Å². The van der Waals surface area contributed by atoms with Crippen molar-refractivity contribution in [2.75, 3.05) is 13.1 Å². The highest BCUT2D eigenvalue weighted by atomic mass is 19.4. The Hall–Kier alpha value is -2.48. The SMILES string of the molecule is CC(C)CC1(C(=O)NCc2cc(F)cc(C(F)(F)F)c2)CCC(N2CCC(c3ccc(F)cc3)CC2)C1. The van der Waals surface area contributed by atoms with Crippen LogP contribution in [0.5, 0.6) is 0 Å². The van der Waals surface area contributed by atoms with Crippen LogP contribution in [0.3, 0.4) is 0 Å². The monoisotopic (exact) mass is 522 g/mol. The van der Waals surface area contributed by atoms with Crippen LogP contribution in [0.15, 0.2) is 42.5 Å². The van der Waals surface area contributed by atoms with Crippen molar-refractivity contribution in [1.82, 2.24) is 10.2 Å². The van der Waals surface area contributed by atoms with E-state index in [0.717, 1.165) is 56.5 Å². The molecule has 2 aromatic rings. The number of likely N-dealkylation sites (tertiary alicyclic amines) is 1. The first-order valence-electron chi connectivity index (χ1n) is 13.1. The molecule has 1 amide bonds. The fraction of sp³-hybridized carbons (Fsp3) is 0.552. The fourth-order valence-electron chi connectivity index (χ4n) is 6.29. The smallest absolute Gasteiger partial charge is 0.352 e. The van der Waals surface area contributed by atoms with Crippen LogP contribution in [0.1, 0.15) is 75.0 Å². The van der Waals surface area contributed by atoms with Crippen LogP contribution >= 0.6 is 0 Å². The van der Waals surface area contributed by atoms with Gasteiger partial charge in [0.2, 0.25) is 5.91 Å². The summed E-state index contributed by atoms with van der Waals surface area (Å²) in [6.45, 7) is 5.82. The van der Waals surface area contributed by atoms with Gasteiger partial charge in [-0.15, -0.1) is 0 Å². The van der Waals surface area contributed by atoms with Gasteiger partial charge in [-0.2, -0.15) is 13.2 Å². The van der Waals surface area contributed by atoms with E-state index in [2.05, 4.69) is 24.1 Å². The van der Waals surface area contributed by atoms with Crippen molar-refractivity contribution in [2.24, 2.45) is 11.3 Å². The molecule has 0 bridgehead atoms. The van der Waals surface area contributed by atoms with E-state index in [0.29, 0.717) is 24.8 Å². The van der Waals surface area contributed by atoms with Crippen molar-refractivity contribution in [1.29, 1.82) is 0 Å². The van der Waals surface area contributed by atoms with Gasteiger partial charge in [0.1, 0.15) is 11.6 Å². The minimum Gasteiger partial charge on any atom is -0.352 e. The van der Waals surface area contributed by atoms with Crippen LogP contribution in [0.25, 0.3) is 0 Å². The summed E-state index contributed by atoms with van der Waals surface area (Å²) in [7, 11) is 0. The second-order valence-electron chi connectivity index (χ2n) is 11.2. The Morgan fingerprint density at radius 3 is 2.32 bits per heavy atom. The molecule has 1 aliphatic heterocycles. The molecule has 0 radical (unpaired) electrons. The first-order valence-corrected chi connectivity index (χ1v) is 13.1. The minimum absolute atomic E-state index is 0.0952. The lowest BCUT2D eigenvalue weighted by atomic mass is 9.77. The average Bonchev–Trinajstić information content (AvgIpc) is 3.27. The molecule has 1 aliphatic carbocycles. The summed E-state index contributed by atoms with van der Waals surface area (Å²) < 4.78 is 66.3. The number of benzene rings is 2. The predicted octanol–water partition coefficient (Wildman–Crippen LogP) is 7.06. The van der Waals surface area contributed by atoms with Crippen molar-refractivity contribution >= 4 is 5.91 Å². The van der Waals surface area contributed by atoms with Gasteiger partial charge in [-0.05, 0) is 105 Å². The maximum absolute atomic E-state index is 13.8. The number of nitrogens with zero attached hydrogens (tertiary/aromatic N) is 1. The highest BCUT2D eigenvalue weighted by molar-refractivity contribution is 5.83. The lowest BCUT2D eigenvalue weighted by molar-refractivity contribution is -0.137. The first-order chi connectivity index (χ1) is 17.4. The molecule has 37 heavy (non-hydrogen) atoms. The Balaban J connectivity index is 1.39. The van der Waals surface area contributed by atoms with Gasteiger partial charge in [0.05, 0.1) is 11.0 Å². The summed E-state index contributed by atoms with van der Waals surface area (Å²) in [6, 6.07) is 9.39. The average molecular weight is 523 g/mol. The molecule has 3 nitrogen and oxygen atoms in total. The molecule has 1 heterocycles. The number of hydrogen-bond acceptors (Lipinski definition) is 2. The molecule has 2 aromatic carbocycles. The number of rotatable bonds is 7. The maximum atomic E-state index is 13.8. The Morgan fingerprint density at radius 2 is 1.70 bits per heavy atom. The number of carbonyl (C=O) groups excluding carboxylic acids is 1. The maximum Gasteiger partial charge on any atom is 0.416 e. The molecular formula is C29H35F5N2O. The standard InChI is InChI=1S/C29H35F5N2O/c1-19(2)16-28(27(37)35-18-20-13-23(29(32,33)34)15-25(31)14-20)10-7-26(17-28)36-11-8-22(9-12-36)21-3-5-24(30)6-4-21/h3-6,13-15,19,22,26H,7-12,16-18H2,1-2H3,(H,35,37). The number of carbonyl (C=O) groups is 1. The van der Waals surface area contributed by atoms with Gasteiger partial charge in [0, 0.05) is 12.6 Å². The zero-order chi connectivity index (χ0) is 26.8. The molecule has 0 spiro atoms. The van der Waals surface area contributed by atoms with Crippen molar-refractivity contribution in [3.8, 4) is 0 Å². The van der Waals surface area contributed by atoms with Crippen LogP contribution < -0.4 is 5.32 Å². The van der Waals surface area contributed by atoms with Crippen LogP contribution in [-0.2, 0) is 17.5 Å². The molecule has 8 heteroatoms.